The maximum Gasteiger partial charge on any atom is 0.118 e. The van der Waals surface area contributed by atoms with Gasteiger partial charge in [-0.1, -0.05) is 58.0 Å². The van der Waals surface area contributed by atoms with Crippen LogP contribution in [0.2, 0.25) is 0 Å². The van der Waals surface area contributed by atoms with Crippen molar-refractivity contribution >= 4 is 32.7 Å². The average Bonchev–Trinajstić information content (AvgIpc) is 2.49. The predicted octanol–water partition coefficient (Wildman–Crippen LogP) is 3.29. The van der Waals surface area contributed by atoms with Gasteiger partial charge in [0.2, 0.25) is 0 Å². The Kier molecular flexibility index (Phi) is 2.74. The molecule has 0 N–H and O–H groups in total. The fraction of sp³-hybridized carbons (Fsp3) is 0.300. The molecule has 0 saturated carbocycles. The van der Waals surface area contributed by atoms with Gasteiger partial charge in [0.25, 0.3) is 0 Å². The van der Waals surface area contributed by atoms with E-state index in [1.165, 1.54) is 5.56 Å². The van der Waals surface area contributed by atoms with Crippen LogP contribution in [0.5, 0.6) is 0 Å². The Balaban J connectivity index is 2.25. The van der Waals surface area contributed by atoms with Crippen LogP contribution in [0.25, 0.3) is 0 Å². The van der Waals surface area contributed by atoms with Gasteiger partial charge in [-0.05, 0) is 6.92 Å². The number of alkyl halides is 1. The lowest BCUT2D eigenvalue weighted by atomic mass is 10.2. The van der Waals surface area contributed by atoms with Gasteiger partial charge in [0.05, 0.1) is 5.04 Å². The molecular formula is C10H10BrNS. The van der Waals surface area contributed by atoms with Crippen LogP contribution in [0.15, 0.2) is 35.3 Å². The molecule has 0 radical (unpaired) electrons. The highest BCUT2D eigenvalue weighted by Gasteiger charge is 2.24. The van der Waals surface area contributed by atoms with Crippen LogP contribution in [0.4, 0.5) is 0 Å². The summed E-state index contributed by atoms with van der Waals surface area (Å²) in [5.74, 6) is 0. The highest BCUT2D eigenvalue weighted by atomic mass is 79.9. The SMILES string of the molecule is C[C@@H]1SC(c2ccccc2)=N[C@@H]1Br. The molecule has 0 saturated heterocycles. The van der Waals surface area contributed by atoms with Crippen molar-refractivity contribution in [2.24, 2.45) is 4.99 Å². The number of hydrogen-bond donors (Lipinski definition) is 0. The van der Waals surface area contributed by atoms with E-state index in [1.807, 2.05) is 30.0 Å². The normalized spacial score (nSPS) is 27.4. The molecule has 3 heteroatoms. The molecule has 2 rings (SSSR count). The Morgan fingerprint density at radius 3 is 2.54 bits per heavy atom. The summed E-state index contributed by atoms with van der Waals surface area (Å²) in [6.45, 7) is 2.18. The van der Waals surface area contributed by atoms with Crippen LogP contribution >= 0.6 is 27.7 Å². The Morgan fingerprint density at radius 2 is 2.00 bits per heavy atom. The Morgan fingerprint density at radius 1 is 1.31 bits per heavy atom. The van der Waals surface area contributed by atoms with E-state index in [-0.39, 0.29) is 4.95 Å². The van der Waals surface area contributed by atoms with E-state index >= 15 is 0 Å². The number of benzene rings is 1. The second-order valence-electron chi connectivity index (χ2n) is 3.00. The fourth-order valence-corrected chi connectivity index (χ4v) is 2.84. The minimum absolute atomic E-state index is 0.271. The van der Waals surface area contributed by atoms with Gasteiger partial charge in [-0.3, -0.25) is 4.99 Å². The van der Waals surface area contributed by atoms with E-state index in [9.17, 15) is 0 Å². The van der Waals surface area contributed by atoms with Gasteiger partial charge < -0.3 is 0 Å². The molecule has 1 nitrogen and oxygen atoms in total. The number of thioether (sulfide) groups is 1. The second kappa shape index (κ2) is 3.84. The van der Waals surface area contributed by atoms with Crippen LogP contribution in [0.3, 0.4) is 0 Å². The molecule has 0 aromatic heterocycles. The summed E-state index contributed by atoms with van der Waals surface area (Å²) in [6.07, 6.45) is 0. The lowest BCUT2D eigenvalue weighted by Gasteiger charge is -2.02. The molecule has 1 heterocycles. The van der Waals surface area contributed by atoms with Crippen molar-refractivity contribution in [3.8, 4) is 0 Å². The molecule has 0 unspecified atom stereocenters. The smallest absolute Gasteiger partial charge is 0.118 e. The van der Waals surface area contributed by atoms with Crippen molar-refractivity contribution in [2.45, 2.75) is 17.1 Å². The first-order valence-electron chi connectivity index (χ1n) is 4.21. The molecular weight excluding hydrogens is 246 g/mol. The number of halogens is 1. The maximum absolute atomic E-state index is 4.54. The number of rotatable bonds is 1. The van der Waals surface area contributed by atoms with Gasteiger partial charge in [0, 0.05) is 10.8 Å². The molecule has 1 aromatic rings. The first kappa shape index (κ1) is 9.28. The first-order chi connectivity index (χ1) is 6.27. The molecule has 0 aliphatic carbocycles. The van der Waals surface area contributed by atoms with Crippen LogP contribution in [-0.4, -0.2) is 15.2 Å². The number of hydrogen-bond acceptors (Lipinski definition) is 2. The lowest BCUT2D eigenvalue weighted by molar-refractivity contribution is 0.927. The summed E-state index contributed by atoms with van der Waals surface area (Å²) < 4.78 is 0. The Hall–Kier alpha value is -0.280. The lowest BCUT2D eigenvalue weighted by Crippen LogP contribution is -2.03. The maximum atomic E-state index is 4.54. The molecule has 1 aliphatic heterocycles. The molecule has 0 fully saturated rings. The Bertz CT molecular complexity index is 323. The average molecular weight is 256 g/mol. The van der Waals surface area contributed by atoms with Crippen LogP contribution < -0.4 is 0 Å². The summed E-state index contributed by atoms with van der Waals surface area (Å²) in [5, 5.41) is 1.69. The third-order valence-corrected chi connectivity index (χ3v) is 4.49. The monoisotopic (exact) mass is 255 g/mol. The zero-order valence-electron chi connectivity index (χ0n) is 7.27. The largest absolute Gasteiger partial charge is 0.262 e. The zero-order chi connectivity index (χ0) is 9.26. The van der Waals surface area contributed by atoms with Gasteiger partial charge in [0.1, 0.15) is 4.95 Å². The van der Waals surface area contributed by atoms with Gasteiger partial charge in [-0.2, -0.15) is 0 Å². The summed E-state index contributed by atoms with van der Waals surface area (Å²) in [4.78, 5) is 4.81. The van der Waals surface area contributed by atoms with Crippen molar-refractivity contribution in [3.63, 3.8) is 0 Å². The zero-order valence-corrected chi connectivity index (χ0v) is 9.68. The van der Waals surface area contributed by atoms with Crippen molar-refractivity contribution in [1.82, 2.24) is 0 Å². The molecule has 0 bridgehead atoms. The van der Waals surface area contributed by atoms with Crippen molar-refractivity contribution < 1.29 is 0 Å². The number of nitrogens with zero attached hydrogens (tertiary/aromatic N) is 1. The minimum Gasteiger partial charge on any atom is -0.262 e. The minimum atomic E-state index is 0.271. The molecule has 2 atom stereocenters. The van der Waals surface area contributed by atoms with Crippen LogP contribution in [0.1, 0.15) is 12.5 Å². The quantitative estimate of drug-likeness (QED) is 0.554. The van der Waals surface area contributed by atoms with Crippen molar-refractivity contribution in [3.05, 3.63) is 35.9 Å². The highest BCUT2D eigenvalue weighted by Crippen LogP contribution is 2.32. The predicted molar refractivity (Wildman–Crippen MR) is 62.7 cm³/mol. The first-order valence-corrected chi connectivity index (χ1v) is 6.01. The van der Waals surface area contributed by atoms with Crippen molar-refractivity contribution in [1.29, 1.82) is 0 Å². The highest BCUT2D eigenvalue weighted by molar-refractivity contribution is 9.09. The summed E-state index contributed by atoms with van der Waals surface area (Å²) in [6, 6.07) is 10.3. The number of aliphatic imine (C=N–C) groups is 1. The summed E-state index contributed by atoms with van der Waals surface area (Å²) >= 11 is 5.36. The molecule has 1 aliphatic rings. The van der Waals surface area contributed by atoms with E-state index in [4.69, 9.17) is 0 Å². The summed E-state index contributed by atoms with van der Waals surface area (Å²) in [5.41, 5.74) is 1.22. The third-order valence-electron chi connectivity index (χ3n) is 1.95. The van der Waals surface area contributed by atoms with E-state index in [1.54, 1.807) is 0 Å². The van der Waals surface area contributed by atoms with E-state index < -0.39 is 0 Å². The van der Waals surface area contributed by atoms with Crippen molar-refractivity contribution in [2.75, 3.05) is 0 Å². The summed E-state index contributed by atoms with van der Waals surface area (Å²) in [7, 11) is 0. The molecule has 68 valence electrons. The molecule has 0 amide bonds. The third kappa shape index (κ3) is 1.97. The topological polar surface area (TPSA) is 12.4 Å². The van der Waals surface area contributed by atoms with Gasteiger partial charge in [-0.25, -0.2) is 0 Å². The van der Waals surface area contributed by atoms with E-state index in [0.29, 0.717) is 5.25 Å². The van der Waals surface area contributed by atoms with Gasteiger partial charge in [-0.15, -0.1) is 0 Å². The standard InChI is InChI=1S/C10H10BrNS/c1-7-9(11)12-10(13-7)8-5-3-2-4-6-8/h2-7,9H,1H3/t7-,9-/m0/s1. The van der Waals surface area contributed by atoms with Gasteiger partial charge in [0.15, 0.2) is 0 Å². The molecule has 0 spiro atoms. The van der Waals surface area contributed by atoms with Gasteiger partial charge >= 0.3 is 0 Å². The van der Waals surface area contributed by atoms with Crippen LogP contribution in [-0.2, 0) is 0 Å². The van der Waals surface area contributed by atoms with Crippen LogP contribution in [0, 0.1) is 0 Å². The Labute approximate surface area is 90.8 Å². The molecule has 1 aromatic carbocycles. The van der Waals surface area contributed by atoms with E-state index in [2.05, 4.69) is 40.0 Å². The second-order valence-corrected chi connectivity index (χ2v) is 5.30. The molecule has 13 heavy (non-hydrogen) atoms. The fourth-order valence-electron chi connectivity index (χ4n) is 1.20. The van der Waals surface area contributed by atoms with E-state index in [0.717, 1.165) is 5.04 Å².